The molecule has 3 saturated heterocycles. The number of ether oxygens (including phenoxy) is 1. The maximum Gasteiger partial charge on any atom is 0.325 e. The maximum atomic E-state index is 16.0. The molecule has 0 unspecified atom stereocenters. The highest BCUT2D eigenvalue weighted by Crippen LogP contribution is 2.40. The summed E-state index contributed by atoms with van der Waals surface area (Å²) in [5.74, 6) is -1.75. The van der Waals surface area contributed by atoms with Gasteiger partial charge >= 0.3 is 5.97 Å². The zero-order valence-corrected chi connectivity index (χ0v) is 47.6. The fourth-order valence-corrected chi connectivity index (χ4v) is 11.4. The van der Waals surface area contributed by atoms with Gasteiger partial charge in [0, 0.05) is 100 Å². The van der Waals surface area contributed by atoms with Crippen LogP contribution in [0.15, 0.2) is 67.0 Å². The summed E-state index contributed by atoms with van der Waals surface area (Å²) in [5.41, 5.74) is 10.6. The molecular formula is C60H75FN14O8. The van der Waals surface area contributed by atoms with E-state index in [1.165, 1.54) is 18.1 Å². The van der Waals surface area contributed by atoms with E-state index in [-0.39, 0.29) is 67.9 Å². The third kappa shape index (κ3) is 15.1. The number of nitrogens with zero attached hydrogens (tertiary/aromatic N) is 9. The van der Waals surface area contributed by atoms with Crippen LogP contribution in [0, 0.1) is 5.82 Å². The van der Waals surface area contributed by atoms with Crippen molar-refractivity contribution in [2.75, 3.05) is 69.1 Å². The second kappa shape index (κ2) is 27.5. The highest BCUT2D eigenvalue weighted by molar-refractivity contribution is 6.00. The van der Waals surface area contributed by atoms with Crippen LogP contribution in [0.3, 0.4) is 0 Å². The lowest BCUT2D eigenvalue weighted by Gasteiger charge is -2.32. The average Bonchev–Trinajstić information content (AvgIpc) is 3.62. The smallest absolute Gasteiger partial charge is 0.325 e. The number of hydrogen-bond donors (Lipinski definition) is 5. The van der Waals surface area contributed by atoms with E-state index in [2.05, 4.69) is 48.4 Å². The van der Waals surface area contributed by atoms with Gasteiger partial charge in [0.1, 0.15) is 24.7 Å². The van der Waals surface area contributed by atoms with E-state index < -0.39 is 29.5 Å². The van der Waals surface area contributed by atoms with E-state index in [1.54, 1.807) is 59.7 Å². The molecular weight excluding hydrogens is 1060 g/mol. The number of anilines is 3. The second-order valence-corrected chi connectivity index (χ2v) is 22.0. The van der Waals surface area contributed by atoms with Gasteiger partial charge in [-0.3, -0.25) is 42.9 Å². The zero-order chi connectivity index (χ0) is 58.6. The number of hydrogen-bond acceptors (Lipinski definition) is 14. The first-order valence-corrected chi connectivity index (χ1v) is 29.0. The molecule has 0 bridgehead atoms. The fraction of sp³-hybridized carbons (Fsp3) is 0.483. The van der Waals surface area contributed by atoms with Crippen molar-refractivity contribution in [1.82, 2.24) is 55.3 Å². The van der Waals surface area contributed by atoms with Gasteiger partial charge in [-0.05, 0) is 119 Å². The van der Waals surface area contributed by atoms with Gasteiger partial charge in [-0.1, -0.05) is 30.7 Å². The number of benzene rings is 3. The van der Waals surface area contributed by atoms with Crippen LogP contribution in [0.25, 0.3) is 32.9 Å². The number of amides is 6. The molecule has 6 aromatic rings. The highest BCUT2D eigenvalue weighted by atomic mass is 19.1. The number of aromatic nitrogens is 6. The number of likely N-dealkylation sites (tertiary alicyclic amines) is 2. The number of nitrogens with two attached hydrogens (primary N) is 1. The number of primary amides is 1. The number of carbonyl (C=O) groups is 7. The molecule has 3 fully saturated rings. The Balaban J connectivity index is 0.696. The van der Waals surface area contributed by atoms with Gasteiger partial charge in [-0.15, -0.1) is 0 Å². The highest BCUT2D eigenvalue weighted by Gasteiger charge is 2.31. The van der Waals surface area contributed by atoms with Crippen LogP contribution in [0.1, 0.15) is 131 Å². The molecule has 6 N–H and O–H groups in total. The van der Waals surface area contributed by atoms with Crippen LogP contribution in [0.5, 0.6) is 0 Å². The van der Waals surface area contributed by atoms with Gasteiger partial charge in [0.2, 0.25) is 29.5 Å². The summed E-state index contributed by atoms with van der Waals surface area (Å²) in [7, 11) is 1.78. The van der Waals surface area contributed by atoms with Crippen molar-refractivity contribution in [1.29, 1.82) is 0 Å². The number of piperidine rings is 3. The molecule has 3 aromatic heterocycles. The maximum absolute atomic E-state index is 16.0. The van der Waals surface area contributed by atoms with Crippen molar-refractivity contribution in [2.45, 2.75) is 122 Å². The Morgan fingerprint density at radius 3 is 2.13 bits per heavy atom. The minimum absolute atomic E-state index is 0.0496. The van der Waals surface area contributed by atoms with E-state index in [9.17, 15) is 33.6 Å². The third-order valence-corrected chi connectivity index (χ3v) is 15.8. The van der Waals surface area contributed by atoms with Crippen molar-refractivity contribution in [3.8, 4) is 11.1 Å². The van der Waals surface area contributed by atoms with Gasteiger partial charge in [0.25, 0.3) is 5.91 Å². The topological polar surface area (TPSA) is 274 Å². The van der Waals surface area contributed by atoms with E-state index in [0.29, 0.717) is 110 Å². The molecule has 83 heavy (non-hydrogen) atoms. The zero-order valence-electron chi connectivity index (χ0n) is 47.6. The summed E-state index contributed by atoms with van der Waals surface area (Å²) in [6, 6.07) is 16.7. The molecule has 22 nitrogen and oxygen atoms in total. The first-order valence-electron chi connectivity index (χ1n) is 29.0. The number of aryl methyl sites for hydroxylation is 1. The Kier molecular flexibility index (Phi) is 19.6. The van der Waals surface area contributed by atoms with E-state index in [1.807, 2.05) is 29.2 Å². The van der Waals surface area contributed by atoms with Crippen molar-refractivity contribution in [2.24, 2.45) is 12.8 Å². The third-order valence-electron chi connectivity index (χ3n) is 15.8. The molecule has 23 heteroatoms. The van der Waals surface area contributed by atoms with Crippen LogP contribution in [-0.2, 0) is 47.1 Å². The summed E-state index contributed by atoms with van der Waals surface area (Å²) in [4.78, 5) is 104. The number of esters is 1. The number of halogens is 1. The van der Waals surface area contributed by atoms with Crippen molar-refractivity contribution in [3.63, 3.8) is 0 Å². The Morgan fingerprint density at radius 1 is 0.723 bits per heavy atom. The van der Waals surface area contributed by atoms with Crippen molar-refractivity contribution < 1.29 is 42.7 Å². The summed E-state index contributed by atoms with van der Waals surface area (Å²) < 4.78 is 24.3. The molecule has 3 aliphatic heterocycles. The van der Waals surface area contributed by atoms with Gasteiger partial charge < -0.3 is 46.4 Å². The molecule has 440 valence electrons. The Hall–Kier alpha value is -8.50. The molecule has 0 atom stereocenters. The predicted molar refractivity (Wildman–Crippen MR) is 311 cm³/mol. The van der Waals surface area contributed by atoms with Gasteiger partial charge in [-0.25, -0.2) is 14.4 Å². The standard InChI is InChI=1S/C60H75FN14O8/c1-38(2)83-55(81)36-65-51(77)35-64-52(78)37-75-47-12-10-11-44(45-32-48-42(31-46(45)61)33-67-71(48)3)56(47)57(70-75)41-22-29-74(30-23-41)54(80)19-18-50(76)63-24-7-4-6-13-53(79)73-27-20-40(21-28-73)39-14-16-43(17-15-39)68-60-58(59(62)82)66-34-49(69-60)72-25-8-5-9-26-72/h10-12,14-17,31-34,38,40-41H,4-9,13,18-30,35-37H2,1-3H3,(H2,62,82)(H,63,76)(H,64,78)(H,65,77)(H,68,69). The van der Waals surface area contributed by atoms with Crippen LogP contribution in [-0.4, -0.2) is 146 Å². The minimum atomic E-state index is -0.646. The van der Waals surface area contributed by atoms with E-state index in [4.69, 9.17) is 20.6 Å². The van der Waals surface area contributed by atoms with E-state index >= 15 is 4.39 Å². The van der Waals surface area contributed by atoms with Crippen molar-refractivity contribution >= 4 is 80.5 Å². The number of nitrogens with one attached hydrogen (secondary N) is 4. The van der Waals surface area contributed by atoms with Crippen LogP contribution in [0.4, 0.5) is 21.7 Å². The summed E-state index contributed by atoms with van der Waals surface area (Å²) in [6.45, 7) is 6.87. The first kappa shape index (κ1) is 59.1. The largest absolute Gasteiger partial charge is 0.462 e. The molecule has 6 amide bonds. The molecule has 6 heterocycles. The summed E-state index contributed by atoms with van der Waals surface area (Å²) >= 11 is 0. The number of unbranched alkanes of at least 4 members (excludes halogenated alkanes) is 2. The van der Waals surface area contributed by atoms with Gasteiger partial charge in [-0.2, -0.15) is 10.2 Å². The summed E-state index contributed by atoms with van der Waals surface area (Å²) in [5, 5.41) is 21.8. The van der Waals surface area contributed by atoms with Crippen LogP contribution < -0.4 is 31.9 Å². The van der Waals surface area contributed by atoms with Crippen LogP contribution >= 0.6 is 0 Å². The Bertz CT molecular complexity index is 3320. The Morgan fingerprint density at radius 2 is 1.42 bits per heavy atom. The SMILES string of the molecule is CC(C)OC(=O)CNC(=O)CNC(=O)Cn1nc(C2CCN(C(=O)CCC(=O)NCCCCCC(=O)N3CCC(c4ccc(Nc5nc(N6CCCCC6)cnc5C(N)=O)cc4)CC3)CC2)c2c(-c3cc4c(cnn4C)cc3F)cccc21. The van der Waals surface area contributed by atoms with Gasteiger partial charge in [0.05, 0.1) is 41.8 Å². The molecule has 0 saturated carbocycles. The lowest BCUT2D eigenvalue weighted by Crippen LogP contribution is -2.40. The average molecular weight is 1140 g/mol. The predicted octanol–water partition coefficient (Wildman–Crippen LogP) is 6.10. The number of fused-ring (bicyclic) bond motifs is 2. The number of rotatable bonds is 23. The Labute approximate surface area is 481 Å². The van der Waals surface area contributed by atoms with E-state index in [0.717, 1.165) is 62.2 Å². The van der Waals surface area contributed by atoms with Crippen molar-refractivity contribution in [3.05, 3.63) is 89.8 Å². The molecule has 3 aromatic carbocycles. The minimum Gasteiger partial charge on any atom is -0.462 e. The quantitative estimate of drug-likeness (QED) is 0.0358. The monoisotopic (exact) mass is 1140 g/mol. The normalized spacial score (nSPS) is 15.2. The molecule has 0 radical (unpaired) electrons. The lowest BCUT2D eigenvalue weighted by atomic mass is 9.88. The molecule has 0 aliphatic carbocycles. The second-order valence-electron chi connectivity index (χ2n) is 22.0. The molecule has 3 aliphatic rings. The molecule has 9 rings (SSSR count). The first-order chi connectivity index (χ1) is 40.1. The van der Waals surface area contributed by atoms with Gasteiger partial charge in [0.15, 0.2) is 11.5 Å². The van der Waals surface area contributed by atoms with Crippen LogP contribution in [0.2, 0.25) is 0 Å². The number of carbonyl (C=O) groups excluding carboxylic acids is 7. The lowest BCUT2D eigenvalue weighted by molar-refractivity contribution is -0.147. The summed E-state index contributed by atoms with van der Waals surface area (Å²) in [6.07, 6.45) is 11.8. The fourth-order valence-electron chi connectivity index (χ4n) is 11.4. The molecule has 0 spiro atoms.